The minimum atomic E-state index is 0.512. The van der Waals surface area contributed by atoms with Gasteiger partial charge in [0.15, 0.2) is 0 Å². The lowest BCUT2D eigenvalue weighted by Gasteiger charge is -2.08. The normalized spacial score (nSPS) is 9.93. The van der Waals surface area contributed by atoms with E-state index in [9.17, 15) is 0 Å². The van der Waals surface area contributed by atoms with Crippen LogP contribution in [-0.2, 0) is 0 Å². The average Bonchev–Trinajstić information content (AvgIpc) is 2.29. The number of rotatable bonds is 2. The van der Waals surface area contributed by atoms with E-state index < -0.39 is 0 Å². The number of anilines is 1. The van der Waals surface area contributed by atoms with Gasteiger partial charge in [0.25, 0.3) is 0 Å². The van der Waals surface area contributed by atoms with Crippen LogP contribution in [-0.4, -0.2) is 12.1 Å². The largest absolute Gasteiger partial charge is 0.496 e. The molecule has 15 heavy (non-hydrogen) atoms. The lowest BCUT2D eigenvalue weighted by atomic mass is 10.1. The first-order valence-corrected chi connectivity index (χ1v) is 4.66. The van der Waals surface area contributed by atoms with Crippen molar-refractivity contribution in [2.24, 2.45) is 0 Å². The first-order chi connectivity index (χ1) is 7.31. The van der Waals surface area contributed by atoms with E-state index in [1.807, 2.05) is 36.4 Å². The van der Waals surface area contributed by atoms with Crippen molar-refractivity contribution in [1.82, 2.24) is 4.98 Å². The molecule has 76 valence electrons. The summed E-state index contributed by atoms with van der Waals surface area (Å²) < 4.78 is 5.28. The second kappa shape index (κ2) is 4.00. The molecule has 3 heteroatoms. The van der Waals surface area contributed by atoms with Crippen molar-refractivity contribution in [1.29, 1.82) is 0 Å². The SMILES string of the molecule is COc1ccccc1-c1ccnc(N)c1. The summed E-state index contributed by atoms with van der Waals surface area (Å²) in [6.45, 7) is 0. The number of nitrogen functional groups attached to an aromatic ring is 1. The minimum Gasteiger partial charge on any atom is -0.496 e. The van der Waals surface area contributed by atoms with Gasteiger partial charge in [0.2, 0.25) is 0 Å². The van der Waals surface area contributed by atoms with Crippen molar-refractivity contribution in [2.45, 2.75) is 0 Å². The molecule has 0 fully saturated rings. The van der Waals surface area contributed by atoms with Gasteiger partial charge in [-0.05, 0) is 23.8 Å². The fourth-order valence-electron chi connectivity index (χ4n) is 1.50. The van der Waals surface area contributed by atoms with E-state index in [0.29, 0.717) is 5.82 Å². The van der Waals surface area contributed by atoms with Gasteiger partial charge in [0.05, 0.1) is 7.11 Å². The molecule has 0 spiro atoms. The van der Waals surface area contributed by atoms with Gasteiger partial charge in [-0.2, -0.15) is 0 Å². The second-order valence-corrected chi connectivity index (χ2v) is 3.17. The maximum absolute atomic E-state index is 5.64. The Balaban J connectivity index is 2.53. The molecule has 0 unspecified atom stereocenters. The van der Waals surface area contributed by atoms with Gasteiger partial charge in [-0.3, -0.25) is 0 Å². The molecule has 0 aliphatic heterocycles. The van der Waals surface area contributed by atoms with Crippen LogP contribution in [0.3, 0.4) is 0 Å². The number of pyridine rings is 1. The summed E-state index contributed by atoms with van der Waals surface area (Å²) in [6.07, 6.45) is 1.69. The van der Waals surface area contributed by atoms with Gasteiger partial charge in [0, 0.05) is 11.8 Å². The van der Waals surface area contributed by atoms with Gasteiger partial charge < -0.3 is 10.5 Å². The van der Waals surface area contributed by atoms with Crippen LogP contribution in [0.4, 0.5) is 5.82 Å². The molecule has 1 heterocycles. The highest BCUT2D eigenvalue weighted by Gasteiger charge is 2.04. The number of benzene rings is 1. The molecule has 0 bridgehead atoms. The zero-order valence-corrected chi connectivity index (χ0v) is 8.47. The molecule has 0 saturated carbocycles. The van der Waals surface area contributed by atoms with Crippen LogP contribution in [0, 0.1) is 0 Å². The molecule has 1 aromatic carbocycles. The Labute approximate surface area is 88.5 Å². The molecular formula is C12H12N2O. The molecule has 2 aromatic rings. The van der Waals surface area contributed by atoms with E-state index in [0.717, 1.165) is 16.9 Å². The predicted octanol–water partition coefficient (Wildman–Crippen LogP) is 2.34. The molecule has 0 saturated heterocycles. The van der Waals surface area contributed by atoms with Crippen LogP contribution in [0.2, 0.25) is 0 Å². The van der Waals surface area contributed by atoms with Crippen LogP contribution in [0.15, 0.2) is 42.6 Å². The number of nitrogens with two attached hydrogens (primary N) is 1. The van der Waals surface area contributed by atoms with Gasteiger partial charge in [-0.1, -0.05) is 18.2 Å². The Kier molecular flexibility index (Phi) is 2.54. The monoisotopic (exact) mass is 200 g/mol. The fourth-order valence-corrected chi connectivity index (χ4v) is 1.50. The molecule has 2 N–H and O–H groups in total. The highest BCUT2D eigenvalue weighted by Crippen LogP contribution is 2.29. The molecule has 2 rings (SSSR count). The van der Waals surface area contributed by atoms with Gasteiger partial charge in [0.1, 0.15) is 11.6 Å². The lowest BCUT2D eigenvalue weighted by Crippen LogP contribution is -1.91. The van der Waals surface area contributed by atoms with Crippen LogP contribution < -0.4 is 10.5 Å². The summed E-state index contributed by atoms with van der Waals surface area (Å²) in [6, 6.07) is 11.6. The second-order valence-electron chi connectivity index (χ2n) is 3.17. The van der Waals surface area contributed by atoms with Gasteiger partial charge in [-0.15, -0.1) is 0 Å². The predicted molar refractivity (Wildman–Crippen MR) is 60.6 cm³/mol. The number of hydrogen-bond acceptors (Lipinski definition) is 3. The third-order valence-corrected chi connectivity index (χ3v) is 2.20. The van der Waals surface area contributed by atoms with E-state index in [1.165, 1.54) is 0 Å². The van der Waals surface area contributed by atoms with Crippen molar-refractivity contribution < 1.29 is 4.74 Å². The quantitative estimate of drug-likeness (QED) is 0.809. The molecule has 0 amide bonds. The zero-order chi connectivity index (χ0) is 10.7. The smallest absolute Gasteiger partial charge is 0.126 e. The lowest BCUT2D eigenvalue weighted by molar-refractivity contribution is 0.416. The van der Waals surface area contributed by atoms with Crippen LogP contribution >= 0.6 is 0 Å². The third-order valence-electron chi connectivity index (χ3n) is 2.20. The zero-order valence-electron chi connectivity index (χ0n) is 8.47. The number of nitrogens with zero attached hydrogens (tertiary/aromatic N) is 1. The first-order valence-electron chi connectivity index (χ1n) is 4.66. The summed E-state index contributed by atoms with van der Waals surface area (Å²) in [5.41, 5.74) is 7.67. The van der Waals surface area contributed by atoms with Crippen molar-refractivity contribution in [3.05, 3.63) is 42.6 Å². The molecular weight excluding hydrogens is 188 g/mol. The van der Waals surface area contributed by atoms with Crippen LogP contribution in [0.5, 0.6) is 5.75 Å². The molecule has 3 nitrogen and oxygen atoms in total. The van der Waals surface area contributed by atoms with Crippen molar-refractivity contribution in [3.63, 3.8) is 0 Å². The number of aromatic nitrogens is 1. The highest BCUT2D eigenvalue weighted by atomic mass is 16.5. The van der Waals surface area contributed by atoms with Crippen LogP contribution in [0.25, 0.3) is 11.1 Å². The Bertz CT molecular complexity index is 469. The Hall–Kier alpha value is -2.03. The van der Waals surface area contributed by atoms with E-state index in [-0.39, 0.29) is 0 Å². The first kappa shape index (κ1) is 9.52. The topological polar surface area (TPSA) is 48.1 Å². The number of ether oxygens (including phenoxy) is 1. The number of para-hydroxylation sites is 1. The molecule has 1 aromatic heterocycles. The Morgan fingerprint density at radius 1 is 1.20 bits per heavy atom. The summed E-state index contributed by atoms with van der Waals surface area (Å²) >= 11 is 0. The average molecular weight is 200 g/mol. The van der Waals surface area contributed by atoms with Crippen molar-refractivity contribution >= 4 is 5.82 Å². The maximum atomic E-state index is 5.64. The number of methoxy groups -OCH3 is 1. The van der Waals surface area contributed by atoms with Crippen molar-refractivity contribution in [2.75, 3.05) is 12.8 Å². The third kappa shape index (κ3) is 1.91. The summed E-state index contributed by atoms with van der Waals surface area (Å²) in [5, 5.41) is 0. The van der Waals surface area contributed by atoms with Gasteiger partial charge in [-0.25, -0.2) is 4.98 Å². The Morgan fingerprint density at radius 2 is 2.00 bits per heavy atom. The molecule has 0 aliphatic carbocycles. The van der Waals surface area contributed by atoms with E-state index >= 15 is 0 Å². The van der Waals surface area contributed by atoms with E-state index in [2.05, 4.69) is 4.98 Å². The summed E-state index contributed by atoms with van der Waals surface area (Å²) in [5.74, 6) is 1.35. The summed E-state index contributed by atoms with van der Waals surface area (Å²) in [4.78, 5) is 3.96. The Morgan fingerprint density at radius 3 is 2.73 bits per heavy atom. The van der Waals surface area contributed by atoms with E-state index in [4.69, 9.17) is 10.5 Å². The van der Waals surface area contributed by atoms with Gasteiger partial charge >= 0.3 is 0 Å². The molecule has 0 atom stereocenters. The van der Waals surface area contributed by atoms with Crippen LogP contribution in [0.1, 0.15) is 0 Å². The highest BCUT2D eigenvalue weighted by molar-refractivity contribution is 5.71. The fraction of sp³-hybridized carbons (Fsp3) is 0.0833. The number of hydrogen-bond donors (Lipinski definition) is 1. The maximum Gasteiger partial charge on any atom is 0.126 e. The minimum absolute atomic E-state index is 0.512. The van der Waals surface area contributed by atoms with Crippen molar-refractivity contribution in [3.8, 4) is 16.9 Å². The molecule has 0 aliphatic rings. The van der Waals surface area contributed by atoms with E-state index in [1.54, 1.807) is 13.3 Å². The molecule has 0 radical (unpaired) electrons. The standard InChI is InChI=1S/C12H12N2O/c1-15-11-5-3-2-4-10(11)9-6-7-14-12(13)8-9/h2-8H,1H3,(H2,13,14). The summed E-state index contributed by atoms with van der Waals surface area (Å²) in [7, 11) is 1.66.